The normalized spacial score (nSPS) is 20.4. The summed E-state index contributed by atoms with van der Waals surface area (Å²) in [5, 5.41) is 14.3. The van der Waals surface area contributed by atoms with Crippen molar-refractivity contribution < 1.29 is 24.2 Å². The van der Waals surface area contributed by atoms with Crippen molar-refractivity contribution in [2.75, 3.05) is 6.61 Å². The Balaban J connectivity index is 1.31. The Kier molecular flexibility index (Phi) is 5.93. The summed E-state index contributed by atoms with van der Waals surface area (Å²) in [4.78, 5) is 35.5. The Labute approximate surface area is 180 Å². The topological polar surface area (TPSA) is 105 Å². The zero-order valence-electron chi connectivity index (χ0n) is 17.3. The highest BCUT2D eigenvalue weighted by Gasteiger charge is 2.33. The van der Waals surface area contributed by atoms with Crippen LogP contribution in [0.4, 0.5) is 4.79 Å². The van der Waals surface area contributed by atoms with Crippen LogP contribution in [0.15, 0.2) is 48.5 Å². The molecule has 0 saturated heterocycles. The van der Waals surface area contributed by atoms with Crippen molar-refractivity contribution >= 4 is 18.0 Å². The van der Waals surface area contributed by atoms with Gasteiger partial charge in [0.2, 0.25) is 5.91 Å². The third kappa shape index (κ3) is 4.40. The number of carbonyl (C=O) groups excluding carboxylic acids is 2. The third-order valence-electron chi connectivity index (χ3n) is 6.20. The smallest absolute Gasteiger partial charge is 0.407 e. The summed E-state index contributed by atoms with van der Waals surface area (Å²) in [6, 6.07) is 15.2. The van der Waals surface area contributed by atoms with Crippen LogP contribution in [0.5, 0.6) is 0 Å². The predicted octanol–water partition coefficient (Wildman–Crippen LogP) is 3.28. The number of carbonyl (C=O) groups is 3. The van der Waals surface area contributed by atoms with E-state index in [1.54, 1.807) is 0 Å². The Bertz CT molecular complexity index is 959. The second-order valence-corrected chi connectivity index (χ2v) is 8.25. The van der Waals surface area contributed by atoms with Crippen LogP contribution in [-0.2, 0) is 14.3 Å². The number of amides is 2. The summed E-state index contributed by atoms with van der Waals surface area (Å²) in [5.74, 6) is -1.66. The molecule has 0 bridgehead atoms. The number of fused-ring (bicyclic) bond motifs is 3. The summed E-state index contributed by atoms with van der Waals surface area (Å²) in [7, 11) is 0. The molecule has 7 nitrogen and oxygen atoms in total. The van der Waals surface area contributed by atoms with Crippen molar-refractivity contribution in [2.24, 2.45) is 5.92 Å². The van der Waals surface area contributed by atoms with Crippen molar-refractivity contribution in [3.8, 4) is 11.1 Å². The van der Waals surface area contributed by atoms with Crippen LogP contribution in [-0.4, -0.2) is 41.8 Å². The molecule has 2 aromatic carbocycles. The lowest BCUT2D eigenvalue weighted by Gasteiger charge is -2.17. The molecule has 7 heteroatoms. The van der Waals surface area contributed by atoms with Gasteiger partial charge in [0.05, 0.1) is 0 Å². The first-order valence-electron chi connectivity index (χ1n) is 10.6. The number of hydrogen-bond acceptors (Lipinski definition) is 4. The summed E-state index contributed by atoms with van der Waals surface area (Å²) in [6.45, 7) is 1.67. The van der Waals surface area contributed by atoms with Gasteiger partial charge in [0.25, 0.3) is 0 Å². The SMILES string of the molecule is CC(NC(=O)[C@@H]1CC[C@H](NC(=O)OCC2c3ccccc3-c3ccccc32)C1)C(=O)O. The minimum absolute atomic E-state index is 0.00207. The van der Waals surface area contributed by atoms with Gasteiger partial charge in [0, 0.05) is 17.9 Å². The fourth-order valence-electron chi connectivity index (χ4n) is 4.55. The number of aliphatic carboxylic acids is 1. The minimum Gasteiger partial charge on any atom is -0.480 e. The number of nitrogens with one attached hydrogen (secondary N) is 2. The molecule has 31 heavy (non-hydrogen) atoms. The van der Waals surface area contributed by atoms with Crippen molar-refractivity contribution in [3.05, 3.63) is 59.7 Å². The van der Waals surface area contributed by atoms with Gasteiger partial charge in [-0.3, -0.25) is 9.59 Å². The van der Waals surface area contributed by atoms with Gasteiger partial charge in [-0.1, -0.05) is 48.5 Å². The number of benzene rings is 2. The van der Waals surface area contributed by atoms with E-state index < -0.39 is 18.1 Å². The van der Waals surface area contributed by atoms with E-state index in [2.05, 4.69) is 34.9 Å². The maximum absolute atomic E-state index is 12.4. The molecule has 0 aliphatic heterocycles. The van der Waals surface area contributed by atoms with E-state index in [1.165, 1.54) is 18.1 Å². The van der Waals surface area contributed by atoms with E-state index in [4.69, 9.17) is 9.84 Å². The molecular formula is C24H26N2O5. The van der Waals surface area contributed by atoms with Gasteiger partial charge in [-0.2, -0.15) is 0 Å². The molecule has 162 valence electrons. The number of ether oxygens (including phenoxy) is 1. The highest BCUT2D eigenvalue weighted by atomic mass is 16.5. The average Bonchev–Trinajstić information content (AvgIpc) is 3.35. The molecule has 1 fully saturated rings. The first-order chi connectivity index (χ1) is 14.9. The Morgan fingerprint density at radius 2 is 1.65 bits per heavy atom. The Morgan fingerprint density at radius 1 is 1.03 bits per heavy atom. The van der Waals surface area contributed by atoms with Gasteiger partial charge in [0.1, 0.15) is 12.6 Å². The van der Waals surface area contributed by atoms with Crippen molar-refractivity contribution in [2.45, 2.75) is 44.2 Å². The van der Waals surface area contributed by atoms with Gasteiger partial charge >= 0.3 is 12.1 Å². The lowest BCUT2D eigenvalue weighted by molar-refractivity contribution is -0.141. The zero-order chi connectivity index (χ0) is 22.0. The Morgan fingerprint density at radius 3 is 2.26 bits per heavy atom. The zero-order valence-corrected chi connectivity index (χ0v) is 17.3. The van der Waals surface area contributed by atoms with Crippen LogP contribution in [0, 0.1) is 5.92 Å². The van der Waals surface area contributed by atoms with E-state index in [9.17, 15) is 14.4 Å². The molecule has 4 rings (SSSR count). The van der Waals surface area contributed by atoms with Crippen LogP contribution < -0.4 is 10.6 Å². The molecule has 1 unspecified atom stereocenters. The molecule has 1 saturated carbocycles. The minimum atomic E-state index is -1.07. The van der Waals surface area contributed by atoms with Gasteiger partial charge in [-0.15, -0.1) is 0 Å². The molecular weight excluding hydrogens is 396 g/mol. The monoisotopic (exact) mass is 422 g/mol. The highest BCUT2D eigenvalue weighted by Crippen LogP contribution is 2.44. The van der Waals surface area contributed by atoms with E-state index >= 15 is 0 Å². The largest absolute Gasteiger partial charge is 0.480 e. The maximum Gasteiger partial charge on any atom is 0.407 e. The number of hydrogen-bond donors (Lipinski definition) is 3. The number of carboxylic acid groups (broad SMARTS) is 1. The second kappa shape index (κ2) is 8.79. The molecule has 0 heterocycles. The lowest BCUT2D eigenvalue weighted by Crippen LogP contribution is -2.41. The molecule has 0 spiro atoms. The highest BCUT2D eigenvalue weighted by molar-refractivity contribution is 5.85. The summed E-state index contributed by atoms with van der Waals surface area (Å²) in [5.41, 5.74) is 4.66. The molecule has 0 radical (unpaired) electrons. The summed E-state index contributed by atoms with van der Waals surface area (Å²) < 4.78 is 5.57. The van der Waals surface area contributed by atoms with Crippen LogP contribution >= 0.6 is 0 Å². The summed E-state index contributed by atoms with van der Waals surface area (Å²) >= 11 is 0. The molecule has 3 atom stereocenters. The van der Waals surface area contributed by atoms with Gasteiger partial charge in [-0.05, 0) is 48.4 Å². The van der Waals surface area contributed by atoms with Crippen LogP contribution in [0.3, 0.4) is 0 Å². The van der Waals surface area contributed by atoms with Crippen LogP contribution in [0.2, 0.25) is 0 Å². The predicted molar refractivity (Wildman–Crippen MR) is 115 cm³/mol. The quantitative estimate of drug-likeness (QED) is 0.663. The molecule has 0 aromatic heterocycles. The molecule has 2 amide bonds. The fraction of sp³-hybridized carbons (Fsp3) is 0.375. The molecule has 2 aromatic rings. The second-order valence-electron chi connectivity index (χ2n) is 8.25. The third-order valence-corrected chi connectivity index (χ3v) is 6.20. The first kappa shape index (κ1) is 20.9. The number of carboxylic acids is 1. The van der Waals surface area contributed by atoms with E-state index in [1.807, 2.05) is 24.3 Å². The van der Waals surface area contributed by atoms with Crippen molar-refractivity contribution in [1.29, 1.82) is 0 Å². The fourth-order valence-corrected chi connectivity index (χ4v) is 4.55. The Hall–Kier alpha value is -3.35. The summed E-state index contributed by atoms with van der Waals surface area (Å²) in [6.07, 6.45) is 1.24. The van der Waals surface area contributed by atoms with Gasteiger partial charge in [0.15, 0.2) is 0 Å². The molecule has 3 N–H and O–H groups in total. The number of rotatable bonds is 6. The molecule has 2 aliphatic carbocycles. The average molecular weight is 422 g/mol. The van der Waals surface area contributed by atoms with Crippen LogP contribution in [0.1, 0.15) is 43.2 Å². The maximum atomic E-state index is 12.4. The first-order valence-corrected chi connectivity index (χ1v) is 10.6. The van der Waals surface area contributed by atoms with E-state index in [-0.39, 0.29) is 30.4 Å². The van der Waals surface area contributed by atoms with Gasteiger partial charge in [-0.25, -0.2) is 4.79 Å². The standard InChI is InChI=1S/C24H26N2O5/c1-14(23(28)29)25-22(27)15-10-11-16(12-15)26-24(30)31-13-21-19-8-4-2-6-17(19)18-7-3-5-9-20(18)21/h2-9,14-16,21H,10-13H2,1H3,(H,25,27)(H,26,30)(H,28,29)/t14?,15-,16+/m1/s1. The van der Waals surface area contributed by atoms with E-state index in [0.717, 1.165) is 11.1 Å². The van der Waals surface area contributed by atoms with Crippen molar-refractivity contribution in [1.82, 2.24) is 10.6 Å². The van der Waals surface area contributed by atoms with Crippen molar-refractivity contribution in [3.63, 3.8) is 0 Å². The lowest BCUT2D eigenvalue weighted by atomic mass is 9.98. The number of alkyl carbamates (subject to hydrolysis) is 1. The van der Waals surface area contributed by atoms with Gasteiger partial charge < -0.3 is 20.5 Å². The van der Waals surface area contributed by atoms with E-state index in [0.29, 0.717) is 19.3 Å². The molecule has 2 aliphatic rings. The van der Waals surface area contributed by atoms with Crippen LogP contribution in [0.25, 0.3) is 11.1 Å².